The van der Waals surface area contributed by atoms with Crippen LogP contribution < -0.4 is 3.32 Å². The van der Waals surface area contributed by atoms with Crippen molar-refractivity contribution in [3.8, 4) is 5.75 Å². The molecular weight excluding hydrogens is 379 g/mol. The van der Waals surface area contributed by atoms with Gasteiger partial charge in [0.1, 0.15) is 0 Å². The predicted octanol–water partition coefficient (Wildman–Crippen LogP) is 5.99. The summed E-state index contributed by atoms with van der Waals surface area (Å²) >= 11 is -1.63. The summed E-state index contributed by atoms with van der Waals surface area (Å²) in [5.74, 6) is 1.08. The van der Waals surface area contributed by atoms with E-state index in [1.165, 1.54) is 5.56 Å². The Morgan fingerprint density at radius 3 is 2.30 bits per heavy atom. The zero-order valence-electron chi connectivity index (χ0n) is 15.0. The maximum absolute atomic E-state index is 6.60. The van der Waals surface area contributed by atoms with Crippen LogP contribution in [0.25, 0.3) is 0 Å². The number of allylic oxidation sites excluding steroid dienone is 4. The molecule has 0 N–H and O–H groups in total. The Kier molecular flexibility index (Phi) is 9.49. The van der Waals surface area contributed by atoms with Gasteiger partial charge in [0.25, 0.3) is 0 Å². The van der Waals surface area contributed by atoms with Gasteiger partial charge in [0.2, 0.25) is 0 Å². The third-order valence-corrected chi connectivity index (χ3v) is 14.0. The van der Waals surface area contributed by atoms with E-state index in [0.717, 1.165) is 12.2 Å². The Morgan fingerprint density at radius 1 is 1.13 bits per heavy atom. The number of hydrogen-bond acceptors (Lipinski definition) is 1. The largest absolute Gasteiger partial charge is 0.147 e. The minimum absolute atomic E-state index is 0. The van der Waals surface area contributed by atoms with E-state index in [1.807, 2.05) is 0 Å². The molecule has 0 fully saturated rings. The Hall–Kier alpha value is 0.0112. The van der Waals surface area contributed by atoms with Crippen LogP contribution in [0.2, 0.25) is 13.1 Å². The monoisotopic (exact) mass is 407 g/mol. The molecule has 5 heteroatoms. The molecule has 0 amide bonds. The number of aryl methyl sites for hydroxylation is 1. The molecule has 1 aromatic carbocycles. The molecule has 23 heavy (non-hydrogen) atoms. The maximum atomic E-state index is 6.60. The molecule has 1 aliphatic rings. The van der Waals surface area contributed by atoms with Gasteiger partial charge >= 0.3 is 137 Å². The van der Waals surface area contributed by atoms with Gasteiger partial charge in [-0.15, -0.1) is 24.8 Å². The fourth-order valence-corrected chi connectivity index (χ4v) is 12.2. The molecule has 0 unspecified atom stereocenters. The average Bonchev–Trinajstić information content (AvgIpc) is 2.84. The molecule has 0 aromatic heterocycles. The molecule has 1 aromatic rings. The molecule has 0 saturated heterocycles. The van der Waals surface area contributed by atoms with Gasteiger partial charge in [-0.3, -0.25) is 0 Å². The van der Waals surface area contributed by atoms with Gasteiger partial charge in [0.15, 0.2) is 0 Å². The molecule has 0 radical (unpaired) electrons. The summed E-state index contributed by atoms with van der Waals surface area (Å²) in [5, 5.41) is 0. The van der Waals surface area contributed by atoms with Crippen molar-refractivity contribution in [2.24, 2.45) is 5.41 Å². The Bertz CT molecular complexity index is 577. The first-order chi connectivity index (χ1) is 9.79. The minimum atomic E-state index is -1.63. The van der Waals surface area contributed by atoms with Crippen LogP contribution in [0, 0.1) is 12.3 Å². The van der Waals surface area contributed by atoms with Crippen LogP contribution in [0.1, 0.15) is 32.8 Å². The summed E-state index contributed by atoms with van der Waals surface area (Å²) in [7, 11) is 0. The predicted molar refractivity (Wildman–Crippen MR) is 105 cm³/mol. The third kappa shape index (κ3) is 6.10. The van der Waals surface area contributed by atoms with Gasteiger partial charge in [-0.2, -0.15) is 0 Å². The quantitative estimate of drug-likeness (QED) is 0.556. The van der Waals surface area contributed by atoms with Crippen LogP contribution in [0.3, 0.4) is 0 Å². The fraction of sp³-hybridized carbons (Fsp3) is 0.444. The number of halogens is 2. The Balaban J connectivity index is 0.00000242. The van der Waals surface area contributed by atoms with Gasteiger partial charge < -0.3 is 0 Å². The number of benzene rings is 1. The van der Waals surface area contributed by atoms with E-state index in [-0.39, 0.29) is 30.2 Å². The van der Waals surface area contributed by atoms with Crippen LogP contribution in [-0.2, 0) is 17.5 Å². The zero-order chi connectivity index (χ0) is 15.6. The standard InChI is InChI=1S/C9H13.C7H8O.C2H7Si.2ClH.Ti/c1-9(2,3)8-6-4-5-7-8;1-6-3-2-4-7(8)5-6;1-3-2;;;/h4,6H,5H2,1-3H3;2-5,8H,1H3;3H,1-2H3;2*1H;/q;;;;;+1/p-1. The summed E-state index contributed by atoms with van der Waals surface area (Å²) in [6, 6.07) is 8.55. The number of rotatable bonds is 4. The fourth-order valence-electron chi connectivity index (χ4n) is 2.77. The molecule has 1 aliphatic carbocycles. The van der Waals surface area contributed by atoms with Crippen molar-refractivity contribution in [1.29, 1.82) is 0 Å². The van der Waals surface area contributed by atoms with Crippen molar-refractivity contribution in [1.82, 2.24) is 0 Å². The van der Waals surface area contributed by atoms with E-state index < -0.39 is 24.2 Å². The summed E-state index contributed by atoms with van der Waals surface area (Å²) in [4.78, 5) is 0. The van der Waals surface area contributed by atoms with Crippen molar-refractivity contribution in [2.45, 2.75) is 47.2 Å². The molecule has 0 aliphatic heterocycles. The van der Waals surface area contributed by atoms with Crippen molar-refractivity contribution in [2.75, 3.05) is 0 Å². The first-order valence-electron chi connectivity index (χ1n) is 7.81. The van der Waals surface area contributed by atoms with E-state index >= 15 is 0 Å². The van der Waals surface area contributed by atoms with Gasteiger partial charge in [0, 0.05) is 0 Å². The van der Waals surface area contributed by atoms with Gasteiger partial charge in [-0.1, -0.05) is 0 Å². The molecule has 0 atom stereocenters. The second kappa shape index (κ2) is 9.48. The first-order valence-corrected chi connectivity index (χ1v) is 14.8. The Labute approximate surface area is 161 Å². The van der Waals surface area contributed by atoms with Gasteiger partial charge in [0.05, 0.1) is 0 Å². The second-order valence-electron chi connectivity index (χ2n) is 7.19. The zero-order valence-corrected chi connectivity index (χ0v) is 19.3. The molecule has 0 bridgehead atoms. The van der Waals surface area contributed by atoms with E-state index in [1.54, 1.807) is 9.45 Å². The van der Waals surface area contributed by atoms with Crippen molar-refractivity contribution in [3.05, 3.63) is 51.4 Å². The minimum Gasteiger partial charge on any atom is -0.147 e. The van der Waals surface area contributed by atoms with Crippen LogP contribution >= 0.6 is 24.8 Å². The molecule has 0 spiro atoms. The second-order valence-corrected chi connectivity index (χ2v) is 19.5. The smallest absolute Gasteiger partial charge is 0.147 e. The van der Waals surface area contributed by atoms with Crippen LogP contribution in [-0.4, -0.2) is 6.66 Å². The third-order valence-electron chi connectivity index (χ3n) is 3.78. The maximum Gasteiger partial charge on any atom is -0.147 e. The van der Waals surface area contributed by atoms with Gasteiger partial charge in [-0.05, 0) is 0 Å². The van der Waals surface area contributed by atoms with Crippen LogP contribution in [0.4, 0.5) is 0 Å². The summed E-state index contributed by atoms with van der Waals surface area (Å²) in [5.41, 5.74) is 3.07. The number of hydrogen-bond donors (Lipinski definition) is 0. The normalized spacial score (nSPS) is 13.7. The summed E-state index contributed by atoms with van der Waals surface area (Å²) < 4.78 is 8.27. The molecule has 0 saturated carbocycles. The summed E-state index contributed by atoms with van der Waals surface area (Å²) in [6.07, 6.45) is 5.80. The first kappa shape index (κ1) is 23.0. The molecule has 0 heterocycles. The van der Waals surface area contributed by atoms with Crippen molar-refractivity contribution in [3.63, 3.8) is 0 Å². The van der Waals surface area contributed by atoms with Gasteiger partial charge in [-0.25, -0.2) is 0 Å². The van der Waals surface area contributed by atoms with E-state index in [2.05, 4.69) is 77.2 Å². The molecule has 2 rings (SSSR count). The van der Waals surface area contributed by atoms with Crippen LogP contribution in [0.5, 0.6) is 5.75 Å². The summed E-state index contributed by atoms with van der Waals surface area (Å²) in [6.45, 7) is 13.2. The van der Waals surface area contributed by atoms with Crippen LogP contribution in [0.15, 0.2) is 45.9 Å². The molecule has 129 valence electrons. The molecular formula is C18H29Cl2OSiTi. The van der Waals surface area contributed by atoms with Crippen molar-refractivity contribution < 1.29 is 20.8 Å². The van der Waals surface area contributed by atoms with E-state index in [0.29, 0.717) is 0 Å². The average molecular weight is 408 g/mol. The SMILES string of the molecule is Cc1cccc([O][Ti]([C]2=C(C(C)(C)C)C=CC2)[SiH](C)C)c1.Cl.Cl. The Morgan fingerprint density at radius 2 is 1.78 bits per heavy atom. The van der Waals surface area contributed by atoms with E-state index in [4.69, 9.17) is 3.32 Å². The molecule has 1 nitrogen and oxygen atoms in total. The van der Waals surface area contributed by atoms with E-state index in [9.17, 15) is 0 Å². The van der Waals surface area contributed by atoms with Crippen molar-refractivity contribution >= 4 is 31.5 Å². The topological polar surface area (TPSA) is 9.23 Å².